The van der Waals surface area contributed by atoms with Crippen LogP contribution in [0.15, 0.2) is 121 Å². The molecule has 1 unspecified atom stereocenters. The van der Waals surface area contributed by atoms with Gasteiger partial charge in [0.15, 0.2) is 0 Å². The molecule has 0 saturated heterocycles. The summed E-state index contributed by atoms with van der Waals surface area (Å²) in [6, 6.07) is 44.0. The van der Waals surface area contributed by atoms with Crippen LogP contribution in [0.2, 0.25) is 0 Å². The van der Waals surface area contributed by atoms with Crippen molar-refractivity contribution in [1.82, 2.24) is 5.32 Å². The van der Waals surface area contributed by atoms with Crippen LogP contribution in [0.25, 0.3) is 0 Å². The fraction of sp³-hybridized carbons (Fsp3) is 0.294. The van der Waals surface area contributed by atoms with E-state index < -0.39 is 7.92 Å². The zero-order valence-corrected chi connectivity index (χ0v) is 22.9. The first-order valence-corrected chi connectivity index (χ1v) is 14.9. The zero-order valence-electron chi connectivity index (χ0n) is 22.0. The molecule has 0 aliphatic heterocycles. The molecule has 4 aromatic rings. The Kier molecular flexibility index (Phi) is 8.20. The predicted octanol–water partition coefficient (Wildman–Crippen LogP) is 7.10. The highest BCUT2D eigenvalue weighted by Gasteiger charge is 2.48. The van der Waals surface area contributed by atoms with Gasteiger partial charge in [0, 0.05) is 17.2 Å². The molecule has 5 rings (SSSR count). The molecule has 0 bridgehead atoms. The monoisotopic (exact) mass is 506 g/mol. The minimum atomic E-state index is -0.515. The van der Waals surface area contributed by atoms with Gasteiger partial charge >= 0.3 is 0 Å². The van der Waals surface area contributed by atoms with Gasteiger partial charge in [-0.05, 0) is 55.3 Å². The molecule has 0 heterocycles. The summed E-state index contributed by atoms with van der Waals surface area (Å²) in [4.78, 5) is 0. The van der Waals surface area contributed by atoms with E-state index in [2.05, 4.69) is 140 Å². The fourth-order valence-electron chi connectivity index (χ4n) is 6.47. The van der Waals surface area contributed by atoms with Crippen LogP contribution in [-0.4, -0.2) is 11.2 Å². The van der Waals surface area contributed by atoms with E-state index in [0.717, 1.165) is 0 Å². The molecular weight excluding hydrogens is 467 g/mol. The van der Waals surface area contributed by atoms with Crippen LogP contribution in [-0.2, 0) is 0 Å². The van der Waals surface area contributed by atoms with E-state index >= 15 is 0 Å². The highest BCUT2D eigenvalue weighted by atomic mass is 31.1. The average Bonchev–Trinajstić information content (AvgIpc) is 3.35. The van der Waals surface area contributed by atoms with Gasteiger partial charge in [0.1, 0.15) is 0 Å². The zero-order chi connectivity index (χ0) is 25.7. The highest BCUT2D eigenvalue weighted by molar-refractivity contribution is 7.74. The summed E-state index contributed by atoms with van der Waals surface area (Å²) < 4.78 is 0. The van der Waals surface area contributed by atoms with Gasteiger partial charge in [-0.25, -0.2) is 0 Å². The quantitative estimate of drug-likeness (QED) is 0.238. The third kappa shape index (κ3) is 5.58. The summed E-state index contributed by atoms with van der Waals surface area (Å²) in [6.07, 6.45) is 3.76. The van der Waals surface area contributed by atoms with Gasteiger partial charge in [0.25, 0.3) is 0 Å². The number of nitrogens with one attached hydrogen (secondary N) is 1. The summed E-state index contributed by atoms with van der Waals surface area (Å²) in [5, 5.41) is 7.22. The third-order valence-corrected chi connectivity index (χ3v) is 11.5. The normalized spacial score (nSPS) is 22.0. The minimum Gasteiger partial charge on any atom is -0.322 e. The lowest BCUT2D eigenvalue weighted by Gasteiger charge is -2.44. The van der Waals surface area contributed by atoms with E-state index in [1.807, 2.05) is 0 Å². The lowest BCUT2D eigenvalue weighted by Crippen LogP contribution is -2.47. The smallest absolute Gasteiger partial charge is 0.0518 e. The van der Waals surface area contributed by atoms with Crippen molar-refractivity contribution in [2.45, 2.75) is 56.4 Å². The second kappa shape index (κ2) is 11.7. The highest BCUT2D eigenvalue weighted by Crippen LogP contribution is 2.60. The van der Waals surface area contributed by atoms with Gasteiger partial charge in [-0.3, -0.25) is 0 Å². The summed E-state index contributed by atoms with van der Waals surface area (Å²) in [5.41, 5.74) is 9.39. The molecule has 1 fully saturated rings. The minimum absolute atomic E-state index is 0.0446. The van der Waals surface area contributed by atoms with E-state index in [1.165, 1.54) is 41.0 Å². The summed E-state index contributed by atoms with van der Waals surface area (Å²) in [5.74, 6) is 0.549. The van der Waals surface area contributed by atoms with Crippen LogP contribution in [0.5, 0.6) is 0 Å². The molecule has 5 atom stereocenters. The Morgan fingerprint density at radius 2 is 1.19 bits per heavy atom. The second-order valence-electron chi connectivity index (χ2n) is 10.6. The number of hydrogen-bond acceptors (Lipinski definition) is 2. The summed E-state index contributed by atoms with van der Waals surface area (Å²) in [6.45, 7) is 4.95. The standard InChI is InChI=1S/C34H39N2P/c1-26(36-33(28-18-9-4-10-19-28)32(35)27-16-7-3-8-17-27)31-24-15-25-34(31,2)37(29-20-11-5-12-21-29)30-22-13-6-14-23-30/h3-14,16-23,26,31-33,36H,15,24-25,35H2,1-2H3/t26-,31+,32+,33+,34?/m1/s1. The maximum Gasteiger partial charge on any atom is 0.0518 e. The molecule has 37 heavy (non-hydrogen) atoms. The largest absolute Gasteiger partial charge is 0.322 e. The Labute approximate surface area is 224 Å². The molecule has 0 aromatic heterocycles. The van der Waals surface area contributed by atoms with E-state index in [-0.39, 0.29) is 17.2 Å². The lowest BCUT2D eigenvalue weighted by molar-refractivity contribution is 0.291. The summed E-state index contributed by atoms with van der Waals surface area (Å²) >= 11 is 0. The van der Waals surface area contributed by atoms with Crippen LogP contribution in [0.1, 0.15) is 56.3 Å². The SMILES string of the molecule is C[C@@H](N[C@@H](c1ccccc1)[C@@H](N)c1ccccc1)[C@@H]1CCCC1(C)P(c1ccccc1)c1ccccc1. The number of nitrogens with two attached hydrogens (primary N) is 1. The maximum absolute atomic E-state index is 6.97. The first-order valence-electron chi connectivity index (χ1n) is 13.6. The van der Waals surface area contributed by atoms with Crippen molar-refractivity contribution in [3.63, 3.8) is 0 Å². The van der Waals surface area contributed by atoms with Crippen molar-refractivity contribution >= 4 is 18.5 Å². The van der Waals surface area contributed by atoms with Gasteiger partial charge in [-0.15, -0.1) is 0 Å². The van der Waals surface area contributed by atoms with Crippen molar-refractivity contribution in [3.05, 3.63) is 132 Å². The molecular formula is C34H39N2P. The van der Waals surface area contributed by atoms with Gasteiger partial charge in [0.05, 0.1) is 6.04 Å². The number of benzene rings is 4. The molecule has 1 aliphatic rings. The lowest BCUT2D eigenvalue weighted by atomic mass is 9.87. The van der Waals surface area contributed by atoms with Crippen LogP contribution >= 0.6 is 7.92 Å². The Morgan fingerprint density at radius 3 is 1.70 bits per heavy atom. The van der Waals surface area contributed by atoms with E-state index in [0.29, 0.717) is 12.0 Å². The molecule has 3 heteroatoms. The van der Waals surface area contributed by atoms with E-state index in [4.69, 9.17) is 5.73 Å². The second-order valence-corrected chi connectivity index (χ2v) is 13.4. The predicted molar refractivity (Wildman–Crippen MR) is 160 cm³/mol. The Balaban J connectivity index is 1.48. The Bertz CT molecular complexity index is 1190. The van der Waals surface area contributed by atoms with Crippen LogP contribution < -0.4 is 21.7 Å². The Hall–Kier alpha value is -2.77. The first kappa shape index (κ1) is 25.9. The molecule has 3 N–H and O–H groups in total. The molecule has 1 aliphatic carbocycles. The number of hydrogen-bond donors (Lipinski definition) is 2. The molecule has 2 nitrogen and oxygen atoms in total. The molecule has 190 valence electrons. The Morgan fingerprint density at radius 1 is 0.730 bits per heavy atom. The van der Waals surface area contributed by atoms with Crippen LogP contribution in [0.3, 0.4) is 0 Å². The maximum atomic E-state index is 6.97. The first-order chi connectivity index (χ1) is 18.1. The summed E-state index contributed by atoms with van der Waals surface area (Å²) in [7, 11) is -0.515. The van der Waals surface area contributed by atoms with Crippen molar-refractivity contribution in [2.24, 2.45) is 11.7 Å². The van der Waals surface area contributed by atoms with Crippen LogP contribution in [0.4, 0.5) is 0 Å². The average molecular weight is 507 g/mol. The van der Waals surface area contributed by atoms with Gasteiger partial charge in [-0.1, -0.05) is 135 Å². The van der Waals surface area contributed by atoms with Crippen molar-refractivity contribution < 1.29 is 0 Å². The van der Waals surface area contributed by atoms with Gasteiger partial charge < -0.3 is 11.1 Å². The van der Waals surface area contributed by atoms with Gasteiger partial charge in [0.2, 0.25) is 0 Å². The van der Waals surface area contributed by atoms with E-state index in [9.17, 15) is 0 Å². The molecule has 0 amide bonds. The van der Waals surface area contributed by atoms with Crippen molar-refractivity contribution in [3.8, 4) is 0 Å². The molecule has 1 saturated carbocycles. The van der Waals surface area contributed by atoms with Crippen molar-refractivity contribution in [2.75, 3.05) is 0 Å². The molecule has 0 spiro atoms. The topological polar surface area (TPSA) is 38.0 Å². The molecule has 0 radical (unpaired) electrons. The number of rotatable bonds is 9. The van der Waals surface area contributed by atoms with E-state index in [1.54, 1.807) is 0 Å². The van der Waals surface area contributed by atoms with Crippen molar-refractivity contribution in [1.29, 1.82) is 0 Å². The third-order valence-electron chi connectivity index (χ3n) is 8.28. The van der Waals surface area contributed by atoms with Gasteiger partial charge in [-0.2, -0.15) is 0 Å². The fourth-order valence-corrected chi connectivity index (χ4v) is 9.95. The molecule has 4 aromatic carbocycles. The van der Waals surface area contributed by atoms with Crippen LogP contribution in [0, 0.1) is 5.92 Å².